The Morgan fingerprint density at radius 3 is 2.88 bits per heavy atom. The van der Waals surface area contributed by atoms with E-state index < -0.39 is 0 Å². The fraction of sp³-hybridized carbons (Fsp3) is 0.500. The molecule has 0 aliphatic heterocycles. The fourth-order valence-corrected chi connectivity index (χ4v) is 2.54. The number of hydrogen-bond donors (Lipinski definition) is 1. The molecular weight excluding hydrogens is 232 g/mol. The standard InChI is InChI=1S/C12H18N4S/c1-9(7-16-5-4-13-8-16)14-6-12-15-10(2)11(3)17-12/h4-5,8-9,14H,6-7H2,1-3H3. The summed E-state index contributed by atoms with van der Waals surface area (Å²) >= 11 is 1.77. The number of aromatic nitrogens is 3. The Morgan fingerprint density at radius 2 is 2.29 bits per heavy atom. The second kappa shape index (κ2) is 5.42. The Bertz CT molecular complexity index is 441. The molecule has 0 fully saturated rings. The first kappa shape index (κ1) is 12.3. The Labute approximate surface area is 106 Å². The molecule has 1 unspecified atom stereocenters. The second-order valence-corrected chi connectivity index (χ2v) is 5.58. The summed E-state index contributed by atoms with van der Waals surface area (Å²) in [4.78, 5) is 9.86. The molecule has 5 heteroatoms. The Kier molecular flexibility index (Phi) is 3.91. The van der Waals surface area contributed by atoms with E-state index in [4.69, 9.17) is 0 Å². The molecule has 2 heterocycles. The van der Waals surface area contributed by atoms with Gasteiger partial charge in [-0.2, -0.15) is 0 Å². The van der Waals surface area contributed by atoms with Gasteiger partial charge in [-0.15, -0.1) is 11.3 Å². The van der Waals surface area contributed by atoms with Crippen LogP contribution in [0.1, 0.15) is 22.5 Å². The second-order valence-electron chi connectivity index (χ2n) is 4.29. The average molecular weight is 250 g/mol. The predicted octanol–water partition coefficient (Wildman–Crippen LogP) is 2.13. The van der Waals surface area contributed by atoms with Gasteiger partial charge in [0, 0.05) is 36.4 Å². The van der Waals surface area contributed by atoms with Gasteiger partial charge in [0.25, 0.3) is 0 Å². The number of aryl methyl sites for hydroxylation is 2. The minimum Gasteiger partial charge on any atom is -0.336 e. The lowest BCUT2D eigenvalue weighted by molar-refractivity contribution is 0.475. The zero-order valence-electron chi connectivity index (χ0n) is 10.5. The number of hydrogen-bond acceptors (Lipinski definition) is 4. The van der Waals surface area contributed by atoms with Crippen molar-refractivity contribution < 1.29 is 0 Å². The lowest BCUT2D eigenvalue weighted by Gasteiger charge is -2.13. The number of nitrogens with zero attached hydrogens (tertiary/aromatic N) is 3. The molecule has 0 spiro atoms. The van der Waals surface area contributed by atoms with Crippen LogP contribution in [0.25, 0.3) is 0 Å². The Hall–Kier alpha value is -1.20. The van der Waals surface area contributed by atoms with E-state index in [0.29, 0.717) is 6.04 Å². The number of nitrogens with one attached hydrogen (secondary N) is 1. The first-order valence-electron chi connectivity index (χ1n) is 5.77. The van der Waals surface area contributed by atoms with E-state index in [0.717, 1.165) is 23.8 Å². The van der Waals surface area contributed by atoms with E-state index in [2.05, 4.69) is 40.6 Å². The average Bonchev–Trinajstić information content (AvgIpc) is 2.87. The molecule has 0 aliphatic carbocycles. The molecule has 0 aromatic carbocycles. The summed E-state index contributed by atoms with van der Waals surface area (Å²) in [5, 5.41) is 4.64. The van der Waals surface area contributed by atoms with Gasteiger partial charge in [-0.1, -0.05) is 0 Å². The van der Waals surface area contributed by atoms with Gasteiger partial charge in [0.1, 0.15) is 5.01 Å². The number of imidazole rings is 1. The topological polar surface area (TPSA) is 42.7 Å². The van der Waals surface area contributed by atoms with E-state index in [9.17, 15) is 0 Å². The van der Waals surface area contributed by atoms with Crippen molar-refractivity contribution in [2.24, 2.45) is 0 Å². The summed E-state index contributed by atoms with van der Waals surface area (Å²) in [5.74, 6) is 0. The Balaban J connectivity index is 1.81. The Morgan fingerprint density at radius 1 is 1.47 bits per heavy atom. The first-order chi connectivity index (χ1) is 8.15. The third-order valence-electron chi connectivity index (χ3n) is 2.72. The fourth-order valence-electron chi connectivity index (χ4n) is 1.65. The van der Waals surface area contributed by atoms with Crippen molar-refractivity contribution in [3.05, 3.63) is 34.3 Å². The molecule has 2 rings (SSSR count). The highest BCUT2D eigenvalue weighted by atomic mass is 32.1. The van der Waals surface area contributed by atoms with Crippen molar-refractivity contribution in [3.8, 4) is 0 Å². The lowest BCUT2D eigenvalue weighted by Crippen LogP contribution is -2.29. The SMILES string of the molecule is Cc1nc(CNC(C)Cn2ccnc2)sc1C. The molecule has 0 radical (unpaired) electrons. The van der Waals surface area contributed by atoms with Gasteiger partial charge < -0.3 is 9.88 Å². The third kappa shape index (κ3) is 3.38. The van der Waals surface area contributed by atoms with E-state index in [-0.39, 0.29) is 0 Å². The summed E-state index contributed by atoms with van der Waals surface area (Å²) in [6, 6.07) is 0.411. The molecule has 17 heavy (non-hydrogen) atoms. The molecule has 1 N–H and O–H groups in total. The maximum absolute atomic E-state index is 4.52. The highest BCUT2D eigenvalue weighted by Gasteiger charge is 2.06. The molecule has 0 saturated carbocycles. The maximum Gasteiger partial charge on any atom is 0.107 e. The van der Waals surface area contributed by atoms with Crippen molar-refractivity contribution in [1.29, 1.82) is 0 Å². The van der Waals surface area contributed by atoms with Crippen molar-refractivity contribution in [1.82, 2.24) is 19.9 Å². The van der Waals surface area contributed by atoms with Gasteiger partial charge >= 0.3 is 0 Å². The zero-order valence-corrected chi connectivity index (χ0v) is 11.3. The minimum absolute atomic E-state index is 0.411. The number of rotatable bonds is 5. The van der Waals surface area contributed by atoms with Gasteiger partial charge in [0.05, 0.1) is 12.0 Å². The summed E-state index contributed by atoms with van der Waals surface area (Å²) in [6.07, 6.45) is 5.63. The van der Waals surface area contributed by atoms with Crippen LogP contribution >= 0.6 is 11.3 Å². The third-order valence-corrected chi connectivity index (χ3v) is 3.79. The molecule has 92 valence electrons. The van der Waals surface area contributed by atoms with Crippen LogP contribution in [-0.4, -0.2) is 20.6 Å². The summed E-state index contributed by atoms with van der Waals surface area (Å²) < 4.78 is 2.08. The first-order valence-corrected chi connectivity index (χ1v) is 6.59. The van der Waals surface area contributed by atoms with Crippen LogP contribution in [0.2, 0.25) is 0 Å². The van der Waals surface area contributed by atoms with Crippen LogP contribution in [0.5, 0.6) is 0 Å². The van der Waals surface area contributed by atoms with Crippen molar-refractivity contribution in [3.63, 3.8) is 0 Å². The van der Waals surface area contributed by atoms with Crippen LogP contribution in [0, 0.1) is 13.8 Å². The van der Waals surface area contributed by atoms with E-state index in [1.807, 2.05) is 12.5 Å². The van der Waals surface area contributed by atoms with Gasteiger partial charge in [-0.05, 0) is 20.8 Å². The van der Waals surface area contributed by atoms with E-state index in [1.54, 1.807) is 17.5 Å². The largest absolute Gasteiger partial charge is 0.336 e. The molecule has 1 atom stereocenters. The number of thiazole rings is 1. The van der Waals surface area contributed by atoms with Crippen LogP contribution in [0.4, 0.5) is 0 Å². The van der Waals surface area contributed by atoms with Crippen LogP contribution in [0.3, 0.4) is 0 Å². The molecular formula is C12H18N4S. The quantitative estimate of drug-likeness (QED) is 0.884. The van der Waals surface area contributed by atoms with Crippen LogP contribution < -0.4 is 5.32 Å². The van der Waals surface area contributed by atoms with E-state index >= 15 is 0 Å². The van der Waals surface area contributed by atoms with Crippen LogP contribution in [-0.2, 0) is 13.1 Å². The molecule has 2 aromatic heterocycles. The normalized spacial score (nSPS) is 12.9. The smallest absolute Gasteiger partial charge is 0.107 e. The van der Waals surface area contributed by atoms with Gasteiger partial charge in [-0.25, -0.2) is 9.97 Å². The summed E-state index contributed by atoms with van der Waals surface area (Å²) in [6.45, 7) is 8.13. The molecule has 0 saturated heterocycles. The molecule has 2 aromatic rings. The molecule has 0 bridgehead atoms. The lowest BCUT2D eigenvalue weighted by atomic mass is 10.3. The van der Waals surface area contributed by atoms with Gasteiger partial charge in [0.2, 0.25) is 0 Å². The zero-order chi connectivity index (χ0) is 12.3. The summed E-state index contributed by atoms with van der Waals surface area (Å²) in [7, 11) is 0. The minimum atomic E-state index is 0.411. The van der Waals surface area contributed by atoms with Crippen molar-refractivity contribution in [2.45, 2.75) is 39.9 Å². The predicted molar refractivity (Wildman–Crippen MR) is 70.1 cm³/mol. The van der Waals surface area contributed by atoms with Gasteiger partial charge in [-0.3, -0.25) is 0 Å². The maximum atomic E-state index is 4.52. The van der Waals surface area contributed by atoms with E-state index in [1.165, 1.54) is 4.88 Å². The highest BCUT2D eigenvalue weighted by molar-refractivity contribution is 7.11. The molecule has 0 amide bonds. The van der Waals surface area contributed by atoms with Crippen molar-refractivity contribution in [2.75, 3.05) is 0 Å². The highest BCUT2D eigenvalue weighted by Crippen LogP contribution is 2.16. The van der Waals surface area contributed by atoms with Crippen LogP contribution in [0.15, 0.2) is 18.7 Å². The molecule has 4 nitrogen and oxygen atoms in total. The monoisotopic (exact) mass is 250 g/mol. The van der Waals surface area contributed by atoms with Gasteiger partial charge in [0.15, 0.2) is 0 Å². The summed E-state index contributed by atoms with van der Waals surface area (Å²) in [5.41, 5.74) is 1.15. The van der Waals surface area contributed by atoms with Crippen molar-refractivity contribution >= 4 is 11.3 Å². The molecule has 0 aliphatic rings.